The molecule has 0 aliphatic carbocycles. The predicted octanol–water partition coefficient (Wildman–Crippen LogP) is 2.47. The van der Waals surface area contributed by atoms with Crippen LogP contribution >= 0.6 is 28.3 Å². The quantitative estimate of drug-likeness (QED) is 0.854. The van der Waals surface area contributed by atoms with Crippen LogP contribution in [0.2, 0.25) is 0 Å². The maximum absolute atomic E-state index is 11.0. The Hall–Kier alpha value is -0.380. The molecule has 0 radical (unpaired) electrons. The van der Waals surface area contributed by atoms with Crippen molar-refractivity contribution in [3.8, 4) is 0 Å². The first-order valence-electron chi connectivity index (χ1n) is 4.26. The highest BCUT2D eigenvalue weighted by atomic mass is 79.9. The van der Waals surface area contributed by atoms with Crippen molar-refractivity contribution in [2.75, 3.05) is 6.54 Å². The van der Waals surface area contributed by atoms with Gasteiger partial charge in [-0.2, -0.15) is 0 Å². The largest absolute Gasteiger partial charge is 0.303 e. The molecule has 2 rings (SSSR count). The van der Waals surface area contributed by atoms with Gasteiger partial charge in [-0.05, 0) is 17.7 Å². The SMILES string of the molecule is Cl.O=C1CNC(c2ccc(Br)cc2)C1. The average Bonchev–Trinajstić information content (AvgIpc) is 2.53. The van der Waals surface area contributed by atoms with Gasteiger partial charge in [-0.25, -0.2) is 0 Å². The van der Waals surface area contributed by atoms with E-state index < -0.39 is 0 Å². The van der Waals surface area contributed by atoms with E-state index in [4.69, 9.17) is 0 Å². The normalized spacial score (nSPS) is 20.6. The van der Waals surface area contributed by atoms with Gasteiger partial charge in [0, 0.05) is 16.9 Å². The number of hydrogen-bond acceptors (Lipinski definition) is 2. The number of benzene rings is 1. The van der Waals surface area contributed by atoms with Crippen molar-refractivity contribution in [3.05, 3.63) is 34.3 Å². The van der Waals surface area contributed by atoms with Crippen LogP contribution < -0.4 is 5.32 Å². The monoisotopic (exact) mass is 275 g/mol. The molecule has 1 unspecified atom stereocenters. The van der Waals surface area contributed by atoms with E-state index in [2.05, 4.69) is 21.2 Å². The van der Waals surface area contributed by atoms with Gasteiger partial charge in [-0.3, -0.25) is 4.79 Å². The van der Waals surface area contributed by atoms with Gasteiger partial charge in [-0.1, -0.05) is 28.1 Å². The van der Waals surface area contributed by atoms with E-state index in [1.165, 1.54) is 5.56 Å². The van der Waals surface area contributed by atoms with E-state index >= 15 is 0 Å². The van der Waals surface area contributed by atoms with Gasteiger partial charge in [0.2, 0.25) is 0 Å². The molecular formula is C10H11BrClNO. The molecule has 14 heavy (non-hydrogen) atoms. The summed E-state index contributed by atoms with van der Waals surface area (Å²) in [6, 6.07) is 8.31. The summed E-state index contributed by atoms with van der Waals surface area (Å²) < 4.78 is 1.07. The minimum Gasteiger partial charge on any atom is -0.303 e. The van der Waals surface area contributed by atoms with Gasteiger partial charge in [0.1, 0.15) is 5.78 Å². The van der Waals surface area contributed by atoms with Crippen molar-refractivity contribution in [1.29, 1.82) is 0 Å². The third kappa shape index (κ3) is 2.56. The summed E-state index contributed by atoms with van der Waals surface area (Å²) >= 11 is 3.38. The second-order valence-corrected chi connectivity index (χ2v) is 4.14. The molecule has 1 heterocycles. The second-order valence-electron chi connectivity index (χ2n) is 3.23. The Balaban J connectivity index is 0.000000980. The second kappa shape index (κ2) is 4.91. The molecule has 0 spiro atoms. The number of nitrogens with one attached hydrogen (secondary N) is 1. The maximum atomic E-state index is 11.0. The van der Waals surface area contributed by atoms with Crippen LogP contribution in [-0.2, 0) is 4.79 Å². The Kier molecular flexibility index (Phi) is 4.11. The highest BCUT2D eigenvalue weighted by Gasteiger charge is 2.22. The van der Waals surface area contributed by atoms with Crippen LogP contribution in [0.3, 0.4) is 0 Å². The standard InChI is InChI=1S/C10H10BrNO.ClH/c11-8-3-1-7(2-4-8)10-5-9(13)6-12-10;/h1-4,10,12H,5-6H2;1H. The first-order chi connectivity index (χ1) is 6.25. The minimum atomic E-state index is 0. The van der Waals surface area contributed by atoms with Crippen LogP contribution in [0, 0.1) is 0 Å². The van der Waals surface area contributed by atoms with E-state index in [0.717, 1.165) is 4.47 Å². The van der Waals surface area contributed by atoms with E-state index in [9.17, 15) is 4.79 Å². The van der Waals surface area contributed by atoms with Crippen molar-refractivity contribution in [2.45, 2.75) is 12.5 Å². The van der Waals surface area contributed by atoms with Crippen molar-refractivity contribution < 1.29 is 4.79 Å². The summed E-state index contributed by atoms with van der Waals surface area (Å²) in [6.45, 7) is 0.515. The molecule has 1 aliphatic heterocycles. The first kappa shape index (κ1) is 11.7. The van der Waals surface area contributed by atoms with Crippen LogP contribution in [0.1, 0.15) is 18.0 Å². The fourth-order valence-corrected chi connectivity index (χ4v) is 1.80. The zero-order valence-corrected chi connectivity index (χ0v) is 9.90. The Morgan fingerprint density at radius 1 is 1.29 bits per heavy atom. The number of Topliss-reactive ketones (excluding diaryl/α,β-unsaturated/α-hetero) is 1. The van der Waals surface area contributed by atoms with Gasteiger partial charge in [0.25, 0.3) is 0 Å². The molecule has 0 saturated carbocycles. The zero-order chi connectivity index (χ0) is 9.26. The highest BCUT2D eigenvalue weighted by Crippen LogP contribution is 2.22. The average molecular weight is 277 g/mol. The summed E-state index contributed by atoms with van der Waals surface area (Å²) in [7, 11) is 0. The Morgan fingerprint density at radius 3 is 2.43 bits per heavy atom. The molecule has 1 aromatic carbocycles. The fourth-order valence-electron chi connectivity index (χ4n) is 1.54. The smallest absolute Gasteiger partial charge is 0.148 e. The molecule has 1 aliphatic rings. The number of halogens is 2. The third-order valence-electron chi connectivity index (χ3n) is 2.25. The molecule has 0 bridgehead atoms. The number of carbonyl (C=O) groups is 1. The van der Waals surface area contributed by atoms with Crippen molar-refractivity contribution in [3.63, 3.8) is 0 Å². The van der Waals surface area contributed by atoms with Gasteiger partial charge in [0.05, 0.1) is 6.54 Å². The van der Waals surface area contributed by atoms with Gasteiger partial charge < -0.3 is 5.32 Å². The lowest BCUT2D eigenvalue weighted by Crippen LogP contribution is -2.13. The highest BCUT2D eigenvalue weighted by molar-refractivity contribution is 9.10. The van der Waals surface area contributed by atoms with Crippen molar-refractivity contribution in [2.24, 2.45) is 0 Å². The van der Waals surface area contributed by atoms with Gasteiger partial charge in [-0.15, -0.1) is 12.4 Å². The minimum absolute atomic E-state index is 0. The zero-order valence-electron chi connectivity index (χ0n) is 7.50. The summed E-state index contributed by atoms with van der Waals surface area (Å²) in [6.07, 6.45) is 0.627. The fraction of sp³-hybridized carbons (Fsp3) is 0.300. The van der Waals surface area contributed by atoms with Crippen LogP contribution in [-0.4, -0.2) is 12.3 Å². The Bertz CT molecular complexity index is 325. The number of rotatable bonds is 1. The van der Waals surface area contributed by atoms with Crippen LogP contribution in [0.25, 0.3) is 0 Å². The molecule has 1 N–H and O–H groups in total. The van der Waals surface area contributed by atoms with Gasteiger partial charge >= 0.3 is 0 Å². The molecule has 1 aromatic rings. The predicted molar refractivity (Wildman–Crippen MR) is 61.8 cm³/mol. The van der Waals surface area contributed by atoms with Crippen LogP contribution in [0.4, 0.5) is 0 Å². The molecule has 76 valence electrons. The maximum Gasteiger partial charge on any atom is 0.148 e. The molecule has 0 aromatic heterocycles. The molecular weight excluding hydrogens is 265 g/mol. The summed E-state index contributed by atoms with van der Waals surface area (Å²) in [5, 5.41) is 3.18. The van der Waals surface area contributed by atoms with E-state index in [-0.39, 0.29) is 18.4 Å². The number of carbonyl (C=O) groups excluding carboxylic acids is 1. The Morgan fingerprint density at radius 2 is 1.93 bits per heavy atom. The molecule has 0 amide bonds. The van der Waals surface area contributed by atoms with E-state index in [1.807, 2.05) is 24.3 Å². The van der Waals surface area contributed by atoms with E-state index in [0.29, 0.717) is 18.7 Å². The van der Waals surface area contributed by atoms with Crippen molar-refractivity contribution >= 4 is 34.1 Å². The van der Waals surface area contributed by atoms with Crippen LogP contribution in [0.15, 0.2) is 28.7 Å². The molecule has 1 fully saturated rings. The third-order valence-corrected chi connectivity index (χ3v) is 2.78. The Labute approximate surface area is 97.6 Å². The molecule has 4 heteroatoms. The number of ketones is 1. The number of hydrogen-bond donors (Lipinski definition) is 1. The first-order valence-corrected chi connectivity index (χ1v) is 5.05. The lowest BCUT2D eigenvalue weighted by Gasteiger charge is -2.08. The lowest BCUT2D eigenvalue weighted by atomic mass is 10.1. The molecule has 2 nitrogen and oxygen atoms in total. The topological polar surface area (TPSA) is 29.1 Å². The lowest BCUT2D eigenvalue weighted by molar-refractivity contribution is -0.116. The van der Waals surface area contributed by atoms with Gasteiger partial charge in [0.15, 0.2) is 0 Å². The molecule has 1 saturated heterocycles. The summed E-state index contributed by atoms with van der Waals surface area (Å²) in [4.78, 5) is 11.0. The summed E-state index contributed by atoms with van der Waals surface area (Å²) in [5.41, 5.74) is 1.19. The molecule has 1 atom stereocenters. The van der Waals surface area contributed by atoms with Crippen LogP contribution in [0.5, 0.6) is 0 Å². The summed E-state index contributed by atoms with van der Waals surface area (Å²) in [5.74, 6) is 0.299. The van der Waals surface area contributed by atoms with Crippen molar-refractivity contribution in [1.82, 2.24) is 5.32 Å². The van der Waals surface area contributed by atoms with E-state index in [1.54, 1.807) is 0 Å².